The molecule has 5 nitrogen and oxygen atoms in total. The summed E-state index contributed by atoms with van der Waals surface area (Å²) in [4.78, 5) is 11.9. The second-order valence-electron chi connectivity index (χ2n) is 4.57. The van der Waals surface area contributed by atoms with Crippen molar-refractivity contribution < 1.29 is 14.1 Å². The molecule has 0 saturated heterocycles. The molecule has 1 aromatic heterocycles. The van der Waals surface area contributed by atoms with Gasteiger partial charge in [0, 0.05) is 11.6 Å². The van der Waals surface area contributed by atoms with Gasteiger partial charge >= 0.3 is 0 Å². The minimum atomic E-state index is -0.232. The van der Waals surface area contributed by atoms with E-state index in [1.54, 1.807) is 30.3 Å². The molecule has 5 heteroatoms. The van der Waals surface area contributed by atoms with Crippen LogP contribution in [0.15, 0.2) is 41.1 Å². The molecule has 1 aromatic carbocycles. The van der Waals surface area contributed by atoms with Crippen molar-refractivity contribution in [1.82, 2.24) is 5.16 Å². The average molecular weight is 260 g/mol. The van der Waals surface area contributed by atoms with E-state index < -0.39 is 0 Å². The number of nitrogens with zero attached hydrogens (tertiary/aromatic N) is 1. The van der Waals surface area contributed by atoms with Crippen molar-refractivity contribution in [3.8, 4) is 5.75 Å². The van der Waals surface area contributed by atoms with Gasteiger partial charge in [-0.2, -0.15) is 0 Å². The van der Waals surface area contributed by atoms with Crippen molar-refractivity contribution in [3.05, 3.63) is 42.2 Å². The zero-order valence-corrected chi connectivity index (χ0v) is 10.9. The highest BCUT2D eigenvalue weighted by molar-refractivity contribution is 6.03. The van der Waals surface area contributed by atoms with Gasteiger partial charge in [0.05, 0.1) is 6.61 Å². The van der Waals surface area contributed by atoms with Crippen molar-refractivity contribution >= 4 is 11.7 Å². The second kappa shape index (κ2) is 6.04. The molecule has 0 bridgehead atoms. The van der Waals surface area contributed by atoms with E-state index in [1.165, 1.54) is 6.26 Å². The molecule has 1 heterocycles. The molecule has 2 rings (SSSR count). The van der Waals surface area contributed by atoms with Crippen molar-refractivity contribution in [2.24, 2.45) is 5.92 Å². The van der Waals surface area contributed by atoms with Crippen LogP contribution in [0.25, 0.3) is 0 Å². The monoisotopic (exact) mass is 260 g/mol. The number of amides is 1. The smallest absolute Gasteiger partial charge is 0.256 e. The fourth-order valence-corrected chi connectivity index (χ4v) is 1.43. The van der Waals surface area contributed by atoms with Gasteiger partial charge in [0.25, 0.3) is 5.91 Å². The van der Waals surface area contributed by atoms with E-state index in [-0.39, 0.29) is 5.91 Å². The Kier molecular flexibility index (Phi) is 4.18. The predicted octanol–water partition coefficient (Wildman–Crippen LogP) is 2.96. The van der Waals surface area contributed by atoms with Gasteiger partial charge in [-0.3, -0.25) is 4.79 Å². The standard InChI is InChI=1S/C14H16N2O3/c1-10(2)9-18-12-5-3-11(4-6-12)14(17)15-13-7-8-19-16-13/h3-8,10H,9H2,1-2H3,(H,15,16,17). The molecular weight excluding hydrogens is 244 g/mol. The summed E-state index contributed by atoms with van der Waals surface area (Å²) in [6, 6.07) is 8.56. The van der Waals surface area contributed by atoms with Crippen molar-refractivity contribution in [3.63, 3.8) is 0 Å². The van der Waals surface area contributed by atoms with Crippen LogP contribution in [0, 0.1) is 5.92 Å². The summed E-state index contributed by atoms with van der Waals surface area (Å²) in [5.74, 6) is 1.39. The van der Waals surface area contributed by atoms with Gasteiger partial charge in [-0.1, -0.05) is 19.0 Å². The molecule has 0 aliphatic rings. The largest absolute Gasteiger partial charge is 0.493 e. The first-order valence-electron chi connectivity index (χ1n) is 6.10. The van der Waals surface area contributed by atoms with Gasteiger partial charge in [0.1, 0.15) is 12.0 Å². The van der Waals surface area contributed by atoms with E-state index in [9.17, 15) is 4.79 Å². The number of hydrogen-bond acceptors (Lipinski definition) is 4. The van der Waals surface area contributed by atoms with Crippen LogP contribution in [-0.4, -0.2) is 17.7 Å². The lowest BCUT2D eigenvalue weighted by Crippen LogP contribution is -2.12. The first kappa shape index (κ1) is 13.1. The summed E-state index contributed by atoms with van der Waals surface area (Å²) in [7, 11) is 0. The number of nitrogens with one attached hydrogen (secondary N) is 1. The van der Waals surface area contributed by atoms with Crippen LogP contribution in [0.4, 0.5) is 5.82 Å². The maximum absolute atomic E-state index is 11.9. The third-order valence-electron chi connectivity index (χ3n) is 2.38. The molecular formula is C14H16N2O3. The lowest BCUT2D eigenvalue weighted by Gasteiger charge is -2.09. The first-order chi connectivity index (χ1) is 9.15. The summed E-state index contributed by atoms with van der Waals surface area (Å²) in [5.41, 5.74) is 0.542. The average Bonchev–Trinajstić information content (AvgIpc) is 2.89. The van der Waals surface area contributed by atoms with E-state index in [0.29, 0.717) is 23.9 Å². The Morgan fingerprint density at radius 3 is 2.63 bits per heavy atom. The third kappa shape index (κ3) is 3.84. The highest BCUT2D eigenvalue weighted by Crippen LogP contribution is 2.14. The number of benzene rings is 1. The summed E-state index contributed by atoms with van der Waals surface area (Å²) in [5, 5.41) is 6.24. The molecule has 0 unspecified atom stereocenters. The van der Waals surface area contributed by atoms with E-state index in [1.807, 2.05) is 0 Å². The fourth-order valence-electron chi connectivity index (χ4n) is 1.43. The Labute approximate surface area is 111 Å². The number of hydrogen-bond donors (Lipinski definition) is 1. The number of carbonyl (C=O) groups excluding carboxylic acids is 1. The molecule has 0 spiro atoms. The molecule has 100 valence electrons. The predicted molar refractivity (Wildman–Crippen MR) is 71.2 cm³/mol. The lowest BCUT2D eigenvalue weighted by atomic mass is 10.2. The van der Waals surface area contributed by atoms with E-state index in [2.05, 4.69) is 28.8 Å². The van der Waals surface area contributed by atoms with E-state index >= 15 is 0 Å². The van der Waals surface area contributed by atoms with Crippen LogP contribution >= 0.6 is 0 Å². The van der Waals surface area contributed by atoms with E-state index in [0.717, 1.165) is 5.75 Å². The van der Waals surface area contributed by atoms with Gasteiger partial charge in [-0.05, 0) is 30.2 Å². The molecule has 0 fully saturated rings. The summed E-state index contributed by atoms with van der Waals surface area (Å²) < 4.78 is 10.2. The minimum absolute atomic E-state index is 0.232. The Morgan fingerprint density at radius 1 is 1.32 bits per heavy atom. The van der Waals surface area contributed by atoms with Crippen LogP contribution in [-0.2, 0) is 0 Å². The number of ether oxygens (including phenoxy) is 1. The van der Waals surface area contributed by atoms with Gasteiger partial charge in [-0.15, -0.1) is 0 Å². The maximum Gasteiger partial charge on any atom is 0.256 e. The number of anilines is 1. The van der Waals surface area contributed by atoms with Crippen LogP contribution in [0.1, 0.15) is 24.2 Å². The minimum Gasteiger partial charge on any atom is -0.493 e. The number of carbonyl (C=O) groups is 1. The van der Waals surface area contributed by atoms with Gasteiger partial charge in [0.15, 0.2) is 5.82 Å². The maximum atomic E-state index is 11.9. The summed E-state index contributed by atoms with van der Waals surface area (Å²) in [6.45, 7) is 4.82. The first-order valence-corrected chi connectivity index (χ1v) is 6.10. The molecule has 1 amide bonds. The number of aromatic nitrogens is 1. The Bertz CT molecular complexity index is 518. The van der Waals surface area contributed by atoms with Crippen LogP contribution in [0.5, 0.6) is 5.75 Å². The Morgan fingerprint density at radius 2 is 2.05 bits per heavy atom. The summed E-state index contributed by atoms with van der Waals surface area (Å²) in [6.07, 6.45) is 1.40. The second-order valence-corrected chi connectivity index (χ2v) is 4.57. The molecule has 0 aliphatic carbocycles. The Hall–Kier alpha value is -2.30. The van der Waals surface area contributed by atoms with Crippen LogP contribution < -0.4 is 10.1 Å². The van der Waals surface area contributed by atoms with E-state index in [4.69, 9.17) is 4.74 Å². The van der Waals surface area contributed by atoms with Gasteiger partial charge in [0.2, 0.25) is 0 Å². The molecule has 0 radical (unpaired) electrons. The van der Waals surface area contributed by atoms with Gasteiger partial charge in [-0.25, -0.2) is 0 Å². The quantitative estimate of drug-likeness (QED) is 0.897. The molecule has 2 aromatic rings. The van der Waals surface area contributed by atoms with Crippen molar-refractivity contribution in [2.45, 2.75) is 13.8 Å². The van der Waals surface area contributed by atoms with Crippen LogP contribution in [0.2, 0.25) is 0 Å². The third-order valence-corrected chi connectivity index (χ3v) is 2.38. The highest BCUT2D eigenvalue weighted by atomic mass is 16.5. The highest BCUT2D eigenvalue weighted by Gasteiger charge is 2.07. The van der Waals surface area contributed by atoms with Crippen LogP contribution in [0.3, 0.4) is 0 Å². The SMILES string of the molecule is CC(C)COc1ccc(C(=O)Nc2ccon2)cc1. The fraction of sp³-hybridized carbons (Fsp3) is 0.286. The normalized spacial score (nSPS) is 10.5. The molecule has 0 atom stereocenters. The lowest BCUT2D eigenvalue weighted by molar-refractivity contribution is 0.102. The van der Waals surface area contributed by atoms with Crippen molar-refractivity contribution in [2.75, 3.05) is 11.9 Å². The summed E-state index contributed by atoms with van der Waals surface area (Å²) >= 11 is 0. The number of rotatable bonds is 5. The Balaban J connectivity index is 1.96. The van der Waals surface area contributed by atoms with Crippen molar-refractivity contribution in [1.29, 1.82) is 0 Å². The van der Waals surface area contributed by atoms with Gasteiger partial charge < -0.3 is 14.6 Å². The topological polar surface area (TPSA) is 64.4 Å². The molecule has 19 heavy (non-hydrogen) atoms. The molecule has 0 saturated carbocycles. The molecule has 1 N–H and O–H groups in total. The zero-order valence-electron chi connectivity index (χ0n) is 10.9. The zero-order chi connectivity index (χ0) is 13.7. The molecule has 0 aliphatic heterocycles.